The van der Waals surface area contributed by atoms with Crippen LogP contribution in [0.5, 0.6) is 0 Å². The fourth-order valence-electron chi connectivity index (χ4n) is 3.49. The number of anilines is 1. The molecule has 0 aliphatic carbocycles. The number of carbonyl (C=O) groups excluding carboxylic acids is 1. The number of fused-ring (bicyclic) bond motifs is 1. The Morgan fingerprint density at radius 2 is 1.50 bits per heavy atom. The molecular formula is C23H27NO2. The number of nitrogens with one attached hydrogen (secondary N) is 1. The van der Waals surface area contributed by atoms with Crippen LogP contribution in [-0.4, -0.2) is 5.91 Å². The molecule has 0 aliphatic rings. The summed E-state index contributed by atoms with van der Waals surface area (Å²) in [6, 6.07) is 11.9. The minimum atomic E-state index is -0.0884. The van der Waals surface area contributed by atoms with Crippen LogP contribution in [0.2, 0.25) is 0 Å². The van der Waals surface area contributed by atoms with E-state index in [1.807, 2.05) is 32.0 Å². The molecule has 1 N–H and O–H groups in total. The summed E-state index contributed by atoms with van der Waals surface area (Å²) in [5, 5.41) is 4.10. The SMILES string of the molecule is Cc1oc2cccc(C(=O)Nc3c(C(C)C)cccc3C(C)C)c2c1C. The monoisotopic (exact) mass is 349 g/mol. The molecule has 0 spiro atoms. The van der Waals surface area contributed by atoms with Crippen LogP contribution < -0.4 is 5.32 Å². The van der Waals surface area contributed by atoms with Gasteiger partial charge in [-0.15, -0.1) is 0 Å². The van der Waals surface area contributed by atoms with Crippen LogP contribution in [0.25, 0.3) is 11.0 Å². The van der Waals surface area contributed by atoms with Gasteiger partial charge in [-0.2, -0.15) is 0 Å². The molecule has 3 heteroatoms. The van der Waals surface area contributed by atoms with Gasteiger partial charge in [-0.1, -0.05) is 52.0 Å². The van der Waals surface area contributed by atoms with Crippen LogP contribution in [0.15, 0.2) is 40.8 Å². The van der Waals surface area contributed by atoms with Gasteiger partial charge >= 0.3 is 0 Å². The highest BCUT2D eigenvalue weighted by molar-refractivity contribution is 6.13. The van der Waals surface area contributed by atoms with Gasteiger partial charge in [0.15, 0.2) is 0 Å². The van der Waals surface area contributed by atoms with Crippen molar-refractivity contribution in [2.24, 2.45) is 0 Å². The van der Waals surface area contributed by atoms with Crippen LogP contribution in [0.4, 0.5) is 5.69 Å². The maximum absolute atomic E-state index is 13.2. The topological polar surface area (TPSA) is 42.2 Å². The molecule has 1 amide bonds. The van der Waals surface area contributed by atoms with Gasteiger partial charge in [0.2, 0.25) is 0 Å². The number of hydrogen-bond acceptors (Lipinski definition) is 2. The van der Waals surface area contributed by atoms with Crippen LogP contribution >= 0.6 is 0 Å². The second-order valence-electron chi connectivity index (χ2n) is 7.54. The van der Waals surface area contributed by atoms with Crippen LogP contribution in [0.3, 0.4) is 0 Å². The molecule has 3 rings (SSSR count). The highest BCUT2D eigenvalue weighted by atomic mass is 16.3. The van der Waals surface area contributed by atoms with Crippen molar-refractivity contribution < 1.29 is 9.21 Å². The average molecular weight is 349 g/mol. The van der Waals surface area contributed by atoms with E-state index in [1.54, 1.807) is 0 Å². The zero-order chi connectivity index (χ0) is 19.0. The van der Waals surface area contributed by atoms with E-state index in [0.717, 1.165) is 39.1 Å². The van der Waals surface area contributed by atoms with Crippen LogP contribution in [-0.2, 0) is 0 Å². The lowest BCUT2D eigenvalue weighted by Crippen LogP contribution is -2.16. The molecule has 3 aromatic rings. The summed E-state index contributed by atoms with van der Waals surface area (Å²) in [6.07, 6.45) is 0. The van der Waals surface area contributed by atoms with Crippen molar-refractivity contribution in [3.8, 4) is 0 Å². The van der Waals surface area contributed by atoms with E-state index in [1.165, 1.54) is 0 Å². The fourth-order valence-corrected chi connectivity index (χ4v) is 3.49. The quantitative estimate of drug-likeness (QED) is 0.580. The third-order valence-corrected chi connectivity index (χ3v) is 5.05. The molecule has 0 aliphatic heterocycles. The van der Waals surface area contributed by atoms with Crippen molar-refractivity contribution in [2.45, 2.75) is 53.4 Å². The summed E-state index contributed by atoms with van der Waals surface area (Å²) in [5.74, 6) is 1.43. The van der Waals surface area contributed by atoms with Crippen LogP contribution in [0, 0.1) is 13.8 Å². The number of amides is 1. The van der Waals surface area contributed by atoms with E-state index in [-0.39, 0.29) is 5.91 Å². The number of furan rings is 1. The Morgan fingerprint density at radius 3 is 2.08 bits per heavy atom. The summed E-state index contributed by atoms with van der Waals surface area (Å²) >= 11 is 0. The minimum Gasteiger partial charge on any atom is -0.461 e. The molecule has 2 aromatic carbocycles. The fraction of sp³-hybridized carbons (Fsp3) is 0.348. The van der Waals surface area contributed by atoms with Crippen molar-refractivity contribution in [3.63, 3.8) is 0 Å². The predicted octanol–water partition coefficient (Wildman–Crippen LogP) is 6.55. The first-order chi connectivity index (χ1) is 12.3. The van der Waals surface area contributed by atoms with E-state index < -0.39 is 0 Å². The highest BCUT2D eigenvalue weighted by Gasteiger charge is 2.20. The molecule has 1 heterocycles. The van der Waals surface area contributed by atoms with Gasteiger partial charge in [0.1, 0.15) is 11.3 Å². The van der Waals surface area contributed by atoms with E-state index in [9.17, 15) is 4.79 Å². The first-order valence-corrected chi connectivity index (χ1v) is 9.24. The first kappa shape index (κ1) is 18.2. The number of hydrogen-bond donors (Lipinski definition) is 1. The maximum atomic E-state index is 13.2. The molecule has 0 unspecified atom stereocenters. The number of aryl methyl sites for hydroxylation is 2. The molecule has 26 heavy (non-hydrogen) atoms. The van der Waals surface area contributed by atoms with E-state index in [2.05, 4.69) is 51.2 Å². The minimum absolute atomic E-state index is 0.0884. The molecule has 136 valence electrons. The third kappa shape index (κ3) is 3.14. The molecule has 0 bridgehead atoms. The first-order valence-electron chi connectivity index (χ1n) is 9.24. The Balaban J connectivity index is 2.10. The number of benzene rings is 2. The van der Waals surface area contributed by atoms with Gasteiger partial charge in [0, 0.05) is 11.1 Å². The van der Waals surface area contributed by atoms with Gasteiger partial charge in [-0.3, -0.25) is 4.79 Å². The Hall–Kier alpha value is -2.55. The normalized spacial score (nSPS) is 11.5. The summed E-state index contributed by atoms with van der Waals surface area (Å²) in [7, 11) is 0. The largest absolute Gasteiger partial charge is 0.461 e. The van der Waals surface area contributed by atoms with Gasteiger partial charge in [0.25, 0.3) is 5.91 Å². The molecule has 0 radical (unpaired) electrons. The Morgan fingerprint density at radius 1 is 0.923 bits per heavy atom. The van der Waals surface area contributed by atoms with Gasteiger partial charge in [0.05, 0.1) is 5.56 Å². The van der Waals surface area contributed by atoms with E-state index in [0.29, 0.717) is 17.4 Å². The van der Waals surface area contributed by atoms with Crippen LogP contribution in [0.1, 0.15) is 72.3 Å². The summed E-state index contributed by atoms with van der Waals surface area (Å²) in [5.41, 5.74) is 5.71. The molecular weight excluding hydrogens is 322 g/mol. The van der Waals surface area contributed by atoms with E-state index in [4.69, 9.17) is 4.42 Å². The summed E-state index contributed by atoms with van der Waals surface area (Å²) in [4.78, 5) is 13.2. The average Bonchev–Trinajstić information content (AvgIpc) is 2.89. The third-order valence-electron chi connectivity index (χ3n) is 5.05. The Bertz CT molecular complexity index is 937. The van der Waals surface area contributed by atoms with Crippen molar-refractivity contribution in [3.05, 3.63) is 64.4 Å². The second-order valence-corrected chi connectivity index (χ2v) is 7.54. The lowest BCUT2D eigenvalue weighted by atomic mass is 9.92. The smallest absolute Gasteiger partial charge is 0.256 e. The molecule has 0 saturated heterocycles. The van der Waals surface area contributed by atoms with E-state index >= 15 is 0 Å². The van der Waals surface area contributed by atoms with Gasteiger partial charge < -0.3 is 9.73 Å². The van der Waals surface area contributed by atoms with Gasteiger partial charge in [-0.25, -0.2) is 0 Å². The summed E-state index contributed by atoms with van der Waals surface area (Å²) in [6.45, 7) is 12.5. The standard InChI is InChI=1S/C23H27NO2/c1-13(2)17-9-7-10-18(14(3)4)22(17)24-23(25)19-11-8-12-20-21(19)15(5)16(6)26-20/h7-14H,1-6H3,(H,24,25). The zero-order valence-corrected chi connectivity index (χ0v) is 16.4. The summed E-state index contributed by atoms with van der Waals surface area (Å²) < 4.78 is 5.78. The lowest BCUT2D eigenvalue weighted by Gasteiger charge is -2.20. The van der Waals surface area contributed by atoms with Gasteiger partial charge in [-0.05, 0) is 54.5 Å². The van der Waals surface area contributed by atoms with Crippen molar-refractivity contribution in [1.82, 2.24) is 0 Å². The molecule has 0 atom stereocenters. The molecule has 0 fully saturated rings. The highest BCUT2D eigenvalue weighted by Crippen LogP contribution is 2.34. The second kappa shape index (κ2) is 6.99. The molecule has 1 aromatic heterocycles. The zero-order valence-electron chi connectivity index (χ0n) is 16.4. The van der Waals surface area contributed by atoms with Crippen molar-refractivity contribution >= 4 is 22.6 Å². The number of para-hydroxylation sites is 1. The molecule has 3 nitrogen and oxygen atoms in total. The Labute approximate surface area is 155 Å². The number of rotatable bonds is 4. The number of carbonyl (C=O) groups is 1. The van der Waals surface area contributed by atoms with Crippen molar-refractivity contribution in [2.75, 3.05) is 5.32 Å². The maximum Gasteiger partial charge on any atom is 0.256 e. The Kier molecular flexibility index (Phi) is 4.90. The van der Waals surface area contributed by atoms with Crippen molar-refractivity contribution in [1.29, 1.82) is 0 Å². The molecule has 0 saturated carbocycles. The lowest BCUT2D eigenvalue weighted by molar-refractivity contribution is 0.102. The predicted molar refractivity (Wildman–Crippen MR) is 108 cm³/mol.